The average molecular weight is 168 g/mol. The van der Waals surface area contributed by atoms with E-state index in [2.05, 4.69) is 0 Å². The quantitative estimate of drug-likeness (QED) is 0.315. The zero-order valence-corrected chi connectivity index (χ0v) is 7.84. The van der Waals surface area contributed by atoms with Crippen LogP contribution in [0.3, 0.4) is 0 Å². The third kappa shape index (κ3) is 8.83. The van der Waals surface area contributed by atoms with Gasteiger partial charge in [-0.3, -0.25) is 0 Å². The van der Waals surface area contributed by atoms with E-state index in [-0.39, 0.29) is 87.0 Å². The van der Waals surface area contributed by atoms with Crippen molar-refractivity contribution in [3.8, 4) is 0 Å². The van der Waals surface area contributed by atoms with Crippen molar-refractivity contribution in [1.29, 1.82) is 0 Å². The zero-order chi connectivity index (χ0) is 0. The fraction of sp³-hybridized carbons (Fsp3) is 0. The van der Waals surface area contributed by atoms with Crippen molar-refractivity contribution >= 4 is 0 Å². The molecule has 0 fully saturated rings. The molecule has 4 heavy (non-hydrogen) atoms. The van der Waals surface area contributed by atoms with E-state index < -0.39 is 0 Å². The van der Waals surface area contributed by atoms with Crippen LogP contribution in [0.15, 0.2) is 0 Å². The number of rotatable bonds is 0. The molecule has 0 aliphatic heterocycles. The van der Waals surface area contributed by atoms with Crippen molar-refractivity contribution in [2.75, 3.05) is 0 Å². The Morgan fingerprint density at radius 3 is 0.750 bits per heavy atom. The van der Waals surface area contributed by atoms with E-state index in [9.17, 15) is 0 Å². The Morgan fingerprint density at radius 1 is 0.750 bits per heavy atom. The second-order valence-corrected chi connectivity index (χ2v) is 0. The van der Waals surface area contributed by atoms with Crippen LogP contribution in [-0.2, 0) is 26.2 Å². The van der Waals surface area contributed by atoms with Crippen LogP contribution in [0.5, 0.6) is 0 Å². The standard InChI is InChI=1S/2FH.K.Zr/h2*1H;;/q;;+1;+4/p-2. The predicted molar refractivity (Wildman–Crippen MR) is 0 cm³/mol. The molecule has 0 aliphatic carbocycles. The first-order valence-electron chi connectivity index (χ1n) is 0. The third-order valence-electron chi connectivity index (χ3n) is 0. The fourth-order valence-electron chi connectivity index (χ4n) is 0. The van der Waals surface area contributed by atoms with Crippen molar-refractivity contribution in [3.05, 3.63) is 0 Å². The molecule has 0 aromatic carbocycles. The van der Waals surface area contributed by atoms with Gasteiger partial charge in [-0.25, -0.2) is 0 Å². The van der Waals surface area contributed by atoms with Gasteiger partial charge in [0.2, 0.25) is 0 Å². The van der Waals surface area contributed by atoms with Gasteiger partial charge in [0, 0.05) is 0 Å². The molecular formula is F2KZr+3. The first kappa shape index (κ1) is 32.6. The molecule has 0 saturated carbocycles. The van der Waals surface area contributed by atoms with Crippen LogP contribution in [-0.4, -0.2) is 0 Å². The van der Waals surface area contributed by atoms with Gasteiger partial charge in [-0.1, -0.05) is 0 Å². The third-order valence-corrected chi connectivity index (χ3v) is 0. The normalized spacial score (nSPS) is 0. The van der Waals surface area contributed by atoms with E-state index in [4.69, 9.17) is 0 Å². The van der Waals surface area contributed by atoms with Crippen LogP contribution < -0.4 is 60.8 Å². The number of hydrogen-bond donors (Lipinski definition) is 0. The summed E-state index contributed by atoms with van der Waals surface area (Å²) in [6.07, 6.45) is 0. The van der Waals surface area contributed by atoms with E-state index in [1.165, 1.54) is 0 Å². The summed E-state index contributed by atoms with van der Waals surface area (Å²) in [6.45, 7) is 0. The Labute approximate surface area is 85.0 Å². The number of hydrogen-bond acceptors (Lipinski definition) is 0. The van der Waals surface area contributed by atoms with Gasteiger partial charge >= 0.3 is 77.6 Å². The van der Waals surface area contributed by atoms with E-state index >= 15 is 0 Å². The molecule has 0 nitrogen and oxygen atoms in total. The van der Waals surface area contributed by atoms with Crippen LogP contribution in [0.1, 0.15) is 0 Å². The monoisotopic (exact) mass is 167 g/mol. The van der Waals surface area contributed by atoms with E-state index in [1.54, 1.807) is 0 Å². The van der Waals surface area contributed by atoms with Gasteiger partial charge in [0.05, 0.1) is 0 Å². The molecule has 0 saturated heterocycles. The predicted octanol–water partition coefficient (Wildman–Crippen LogP) is -8.99. The Hall–Kier alpha value is 2.38. The minimum atomic E-state index is 0. The summed E-state index contributed by atoms with van der Waals surface area (Å²) in [4.78, 5) is 0. The molecule has 0 spiro atoms. The fourth-order valence-corrected chi connectivity index (χ4v) is 0. The SMILES string of the molecule is [F-].[F-].[K+].[Zr+4]. The molecule has 16 valence electrons. The van der Waals surface area contributed by atoms with Gasteiger partial charge in [0.25, 0.3) is 0 Å². The van der Waals surface area contributed by atoms with Crippen LogP contribution in [0, 0.1) is 0 Å². The Morgan fingerprint density at radius 2 is 0.750 bits per heavy atom. The molecule has 0 N–H and O–H groups in total. The van der Waals surface area contributed by atoms with Gasteiger partial charge in [-0.2, -0.15) is 0 Å². The summed E-state index contributed by atoms with van der Waals surface area (Å²) < 4.78 is 0. The minimum Gasteiger partial charge on any atom is -1.00 e. The maximum absolute atomic E-state index is 0. The summed E-state index contributed by atoms with van der Waals surface area (Å²) >= 11 is 0. The second kappa shape index (κ2) is 18.2. The van der Waals surface area contributed by atoms with Crippen molar-refractivity contribution in [2.24, 2.45) is 0 Å². The molecule has 0 aromatic heterocycles. The molecule has 0 atom stereocenters. The zero-order valence-electron chi connectivity index (χ0n) is 2.26. The molecule has 0 unspecified atom stereocenters. The molecule has 0 aliphatic rings. The second-order valence-electron chi connectivity index (χ2n) is 0. The van der Waals surface area contributed by atoms with Gasteiger partial charge in [0.15, 0.2) is 0 Å². The topological polar surface area (TPSA) is 0 Å². The Bertz CT molecular complexity index is 6.00. The summed E-state index contributed by atoms with van der Waals surface area (Å²) in [5.74, 6) is 0. The van der Waals surface area contributed by atoms with E-state index in [0.717, 1.165) is 0 Å². The first-order chi connectivity index (χ1) is 0. The number of halogens is 2. The maximum Gasteiger partial charge on any atom is 4.00 e. The van der Waals surface area contributed by atoms with E-state index in [1.807, 2.05) is 0 Å². The Kier molecular flexibility index (Phi) is 149. The molecule has 0 radical (unpaired) electrons. The molecular weight excluding hydrogens is 168 g/mol. The van der Waals surface area contributed by atoms with Gasteiger partial charge in [-0.15, -0.1) is 0 Å². The van der Waals surface area contributed by atoms with Crippen LogP contribution in [0.2, 0.25) is 0 Å². The van der Waals surface area contributed by atoms with Gasteiger partial charge < -0.3 is 9.41 Å². The van der Waals surface area contributed by atoms with Crippen LogP contribution >= 0.6 is 0 Å². The van der Waals surface area contributed by atoms with Crippen molar-refractivity contribution in [2.45, 2.75) is 0 Å². The van der Waals surface area contributed by atoms with Crippen LogP contribution in [0.4, 0.5) is 0 Å². The maximum atomic E-state index is 0. The molecule has 0 aromatic rings. The van der Waals surface area contributed by atoms with Gasteiger partial charge in [-0.05, 0) is 0 Å². The molecule has 0 bridgehead atoms. The smallest absolute Gasteiger partial charge is 1.00 e. The summed E-state index contributed by atoms with van der Waals surface area (Å²) in [7, 11) is 0. The summed E-state index contributed by atoms with van der Waals surface area (Å²) in [5.41, 5.74) is 0. The van der Waals surface area contributed by atoms with Crippen molar-refractivity contribution in [1.82, 2.24) is 0 Å². The van der Waals surface area contributed by atoms with Crippen LogP contribution in [0.25, 0.3) is 0 Å². The average Bonchev–Trinajstić information content (AvgIpc) is 0. The molecule has 0 rings (SSSR count). The first-order valence-corrected chi connectivity index (χ1v) is 0. The van der Waals surface area contributed by atoms with Crippen molar-refractivity contribution in [3.63, 3.8) is 0 Å². The Balaban J connectivity index is 0. The molecule has 0 amide bonds. The van der Waals surface area contributed by atoms with Crippen molar-refractivity contribution < 1.29 is 87.0 Å². The summed E-state index contributed by atoms with van der Waals surface area (Å²) in [5, 5.41) is 0. The van der Waals surface area contributed by atoms with Gasteiger partial charge in [0.1, 0.15) is 0 Å². The summed E-state index contributed by atoms with van der Waals surface area (Å²) in [6, 6.07) is 0. The largest absolute Gasteiger partial charge is 4.00 e. The van der Waals surface area contributed by atoms with E-state index in [0.29, 0.717) is 0 Å². The minimum absolute atomic E-state index is 0. The molecule has 0 heterocycles. The molecule has 4 heteroatoms.